The molecular weight excluding hydrogens is 210 g/mol. The molecule has 0 saturated carbocycles. The van der Waals surface area contributed by atoms with Gasteiger partial charge in [0.05, 0.1) is 11.0 Å². The van der Waals surface area contributed by atoms with Crippen LogP contribution in [-0.2, 0) is 11.8 Å². The van der Waals surface area contributed by atoms with Crippen molar-refractivity contribution in [1.82, 2.24) is 9.97 Å². The standard InChI is InChI=1S/C14H21N3/c1-4-10-6-7-11-12(8-10)17-13(16-11)14(3,5-2)9-15/h6-8H,4-5,9,15H2,1-3H3,(H,16,17). The molecule has 0 aliphatic carbocycles. The molecule has 2 rings (SSSR count). The Kier molecular flexibility index (Phi) is 3.20. The fourth-order valence-corrected chi connectivity index (χ4v) is 1.97. The van der Waals surface area contributed by atoms with Crippen molar-refractivity contribution in [3.05, 3.63) is 29.6 Å². The van der Waals surface area contributed by atoms with Crippen LogP contribution in [0.25, 0.3) is 11.0 Å². The molecule has 0 aliphatic rings. The highest BCUT2D eigenvalue weighted by Gasteiger charge is 2.26. The van der Waals surface area contributed by atoms with E-state index in [1.807, 2.05) is 0 Å². The van der Waals surface area contributed by atoms with Crippen molar-refractivity contribution in [2.45, 2.75) is 39.0 Å². The summed E-state index contributed by atoms with van der Waals surface area (Å²) in [4.78, 5) is 8.09. The molecule has 1 aromatic heterocycles. The topological polar surface area (TPSA) is 54.7 Å². The number of imidazole rings is 1. The van der Waals surface area contributed by atoms with Crippen molar-refractivity contribution < 1.29 is 0 Å². The van der Waals surface area contributed by atoms with E-state index in [2.05, 4.69) is 48.9 Å². The van der Waals surface area contributed by atoms with Gasteiger partial charge in [0.2, 0.25) is 0 Å². The van der Waals surface area contributed by atoms with E-state index in [1.165, 1.54) is 5.56 Å². The first-order chi connectivity index (χ1) is 8.12. The summed E-state index contributed by atoms with van der Waals surface area (Å²) in [5.41, 5.74) is 9.30. The number of aromatic amines is 1. The average molecular weight is 231 g/mol. The average Bonchev–Trinajstić information content (AvgIpc) is 2.80. The molecule has 0 radical (unpaired) electrons. The summed E-state index contributed by atoms with van der Waals surface area (Å²) in [6, 6.07) is 6.40. The Labute approximate surface area is 102 Å². The highest BCUT2D eigenvalue weighted by atomic mass is 14.9. The summed E-state index contributed by atoms with van der Waals surface area (Å²) in [5, 5.41) is 0. The van der Waals surface area contributed by atoms with Gasteiger partial charge >= 0.3 is 0 Å². The SMILES string of the molecule is CCc1ccc2nc(C(C)(CC)CN)[nH]c2c1. The van der Waals surface area contributed by atoms with Gasteiger partial charge in [-0.25, -0.2) is 4.98 Å². The van der Waals surface area contributed by atoms with E-state index >= 15 is 0 Å². The van der Waals surface area contributed by atoms with Gasteiger partial charge in [-0.15, -0.1) is 0 Å². The fourth-order valence-electron chi connectivity index (χ4n) is 1.97. The molecule has 0 aliphatic heterocycles. The molecule has 1 unspecified atom stereocenters. The zero-order valence-electron chi connectivity index (χ0n) is 10.9. The molecule has 0 amide bonds. The second kappa shape index (κ2) is 4.49. The predicted molar refractivity (Wildman–Crippen MR) is 72.2 cm³/mol. The van der Waals surface area contributed by atoms with Crippen LogP contribution in [0.3, 0.4) is 0 Å². The van der Waals surface area contributed by atoms with Crippen LogP contribution < -0.4 is 5.73 Å². The minimum Gasteiger partial charge on any atom is -0.341 e. The number of benzene rings is 1. The number of nitrogens with two attached hydrogens (primary N) is 1. The number of nitrogens with zero attached hydrogens (tertiary/aromatic N) is 1. The molecule has 0 spiro atoms. The summed E-state index contributed by atoms with van der Waals surface area (Å²) in [5.74, 6) is 1.01. The smallest absolute Gasteiger partial charge is 0.114 e. The zero-order valence-corrected chi connectivity index (χ0v) is 10.9. The first-order valence-corrected chi connectivity index (χ1v) is 6.32. The molecule has 17 heavy (non-hydrogen) atoms. The number of aryl methyl sites for hydroxylation is 1. The molecule has 0 saturated heterocycles. The number of H-pyrrole nitrogens is 1. The first-order valence-electron chi connectivity index (χ1n) is 6.32. The van der Waals surface area contributed by atoms with E-state index in [1.54, 1.807) is 0 Å². The minimum atomic E-state index is -0.0502. The largest absolute Gasteiger partial charge is 0.341 e. The number of nitrogens with one attached hydrogen (secondary N) is 1. The van der Waals surface area contributed by atoms with Crippen LogP contribution in [0, 0.1) is 0 Å². The van der Waals surface area contributed by atoms with Crippen molar-refractivity contribution in [2.75, 3.05) is 6.54 Å². The van der Waals surface area contributed by atoms with E-state index < -0.39 is 0 Å². The van der Waals surface area contributed by atoms with Gasteiger partial charge < -0.3 is 10.7 Å². The van der Waals surface area contributed by atoms with Crippen LogP contribution in [0.15, 0.2) is 18.2 Å². The predicted octanol–water partition coefficient (Wildman–Crippen LogP) is 2.75. The Morgan fingerprint density at radius 3 is 2.71 bits per heavy atom. The number of hydrogen-bond donors (Lipinski definition) is 2. The maximum absolute atomic E-state index is 5.87. The quantitative estimate of drug-likeness (QED) is 0.850. The summed E-state index contributed by atoms with van der Waals surface area (Å²) in [6.45, 7) is 7.08. The maximum Gasteiger partial charge on any atom is 0.114 e. The lowest BCUT2D eigenvalue weighted by Gasteiger charge is -2.23. The molecule has 3 N–H and O–H groups in total. The molecular formula is C14H21N3. The van der Waals surface area contributed by atoms with Crippen LogP contribution >= 0.6 is 0 Å². The summed E-state index contributed by atoms with van der Waals surface area (Å²) >= 11 is 0. The zero-order chi connectivity index (χ0) is 12.5. The summed E-state index contributed by atoms with van der Waals surface area (Å²) in [6.07, 6.45) is 2.04. The third kappa shape index (κ3) is 2.07. The monoisotopic (exact) mass is 231 g/mol. The van der Waals surface area contributed by atoms with Crippen LogP contribution in [0.2, 0.25) is 0 Å². The van der Waals surface area contributed by atoms with E-state index in [4.69, 9.17) is 5.73 Å². The van der Waals surface area contributed by atoms with E-state index in [-0.39, 0.29) is 5.41 Å². The van der Waals surface area contributed by atoms with Gasteiger partial charge in [-0.05, 0) is 30.5 Å². The molecule has 3 heteroatoms. The van der Waals surface area contributed by atoms with Gasteiger partial charge in [0.15, 0.2) is 0 Å². The third-order valence-electron chi connectivity index (χ3n) is 3.76. The normalized spacial score (nSPS) is 15.1. The molecule has 0 bridgehead atoms. The molecule has 92 valence electrons. The summed E-state index contributed by atoms with van der Waals surface area (Å²) in [7, 11) is 0. The van der Waals surface area contributed by atoms with Crippen molar-refractivity contribution in [1.29, 1.82) is 0 Å². The van der Waals surface area contributed by atoms with Gasteiger partial charge in [-0.2, -0.15) is 0 Å². The lowest BCUT2D eigenvalue weighted by atomic mass is 9.87. The van der Waals surface area contributed by atoms with Crippen LogP contribution in [0.4, 0.5) is 0 Å². The Morgan fingerprint density at radius 2 is 2.12 bits per heavy atom. The second-order valence-corrected chi connectivity index (χ2v) is 4.91. The third-order valence-corrected chi connectivity index (χ3v) is 3.76. The molecule has 2 aromatic rings. The Morgan fingerprint density at radius 1 is 1.35 bits per heavy atom. The van der Waals surface area contributed by atoms with Gasteiger partial charge in [0.25, 0.3) is 0 Å². The molecule has 1 aromatic carbocycles. The fraction of sp³-hybridized carbons (Fsp3) is 0.500. The van der Waals surface area contributed by atoms with Crippen molar-refractivity contribution in [3.8, 4) is 0 Å². The van der Waals surface area contributed by atoms with Gasteiger partial charge in [-0.3, -0.25) is 0 Å². The summed E-state index contributed by atoms with van der Waals surface area (Å²) < 4.78 is 0. The first kappa shape index (κ1) is 12.1. The number of hydrogen-bond acceptors (Lipinski definition) is 2. The van der Waals surface area contributed by atoms with Crippen molar-refractivity contribution >= 4 is 11.0 Å². The number of fused-ring (bicyclic) bond motifs is 1. The molecule has 1 heterocycles. The van der Waals surface area contributed by atoms with E-state index in [0.717, 1.165) is 29.7 Å². The lowest BCUT2D eigenvalue weighted by molar-refractivity contribution is 0.443. The van der Waals surface area contributed by atoms with Crippen molar-refractivity contribution in [2.24, 2.45) is 5.73 Å². The maximum atomic E-state index is 5.87. The van der Waals surface area contributed by atoms with Crippen LogP contribution in [0.5, 0.6) is 0 Å². The van der Waals surface area contributed by atoms with E-state index in [9.17, 15) is 0 Å². The second-order valence-electron chi connectivity index (χ2n) is 4.91. The van der Waals surface area contributed by atoms with Gasteiger partial charge in [0.1, 0.15) is 5.82 Å². The highest BCUT2D eigenvalue weighted by Crippen LogP contribution is 2.26. The lowest BCUT2D eigenvalue weighted by Crippen LogP contribution is -2.32. The number of rotatable bonds is 4. The van der Waals surface area contributed by atoms with E-state index in [0.29, 0.717) is 6.54 Å². The van der Waals surface area contributed by atoms with Crippen LogP contribution in [-0.4, -0.2) is 16.5 Å². The molecule has 0 fully saturated rings. The highest BCUT2D eigenvalue weighted by molar-refractivity contribution is 5.76. The van der Waals surface area contributed by atoms with Crippen molar-refractivity contribution in [3.63, 3.8) is 0 Å². The Hall–Kier alpha value is -1.35. The number of aromatic nitrogens is 2. The van der Waals surface area contributed by atoms with Gasteiger partial charge in [-0.1, -0.05) is 26.8 Å². The molecule has 3 nitrogen and oxygen atoms in total. The minimum absolute atomic E-state index is 0.0502. The molecule has 1 atom stereocenters. The Bertz CT molecular complexity index is 509. The van der Waals surface area contributed by atoms with Crippen LogP contribution in [0.1, 0.15) is 38.6 Å². The van der Waals surface area contributed by atoms with Gasteiger partial charge in [0, 0.05) is 12.0 Å². The Balaban J connectivity index is 2.50.